The number of hydrazone groups is 1. The molecule has 1 unspecified atom stereocenters. The van der Waals surface area contributed by atoms with Gasteiger partial charge in [-0.2, -0.15) is 23.4 Å². The van der Waals surface area contributed by atoms with E-state index >= 15 is 0 Å². The summed E-state index contributed by atoms with van der Waals surface area (Å²) in [5.41, 5.74) is 4.51. The van der Waals surface area contributed by atoms with Crippen LogP contribution in [0.2, 0.25) is 0 Å². The highest BCUT2D eigenvalue weighted by molar-refractivity contribution is 6.34. The van der Waals surface area contributed by atoms with Crippen LogP contribution in [0.4, 0.5) is 29.1 Å². The third-order valence-electron chi connectivity index (χ3n) is 5.11. The SMILES string of the molecule is CC(O)(C(C=Nc1ccccc1F)=NN)c1cc(-c2cnc(C(F)(F)F)nc2)c2c(N)ncnn12. The third-order valence-corrected chi connectivity index (χ3v) is 5.11. The summed E-state index contributed by atoms with van der Waals surface area (Å²) in [6.45, 7) is 1.33. The van der Waals surface area contributed by atoms with Gasteiger partial charge in [0.1, 0.15) is 29.0 Å². The van der Waals surface area contributed by atoms with Crippen LogP contribution >= 0.6 is 0 Å². The van der Waals surface area contributed by atoms with Crippen molar-refractivity contribution in [1.29, 1.82) is 0 Å². The second kappa shape index (κ2) is 8.72. The van der Waals surface area contributed by atoms with Crippen LogP contribution in [0.3, 0.4) is 0 Å². The van der Waals surface area contributed by atoms with Gasteiger partial charge in [0.05, 0.1) is 17.6 Å². The minimum absolute atomic E-state index is 0.0152. The van der Waals surface area contributed by atoms with Crippen molar-refractivity contribution in [2.75, 3.05) is 5.73 Å². The maximum atomic E-state index is 13.9. The summed E-state index contributed by atoms with van der Waals surface area (Å²) in [5, 5.41) is 19.1. The normalized spacial score (nSPS) is 14.5. The number of nitrogen functional groups attached to an aromatic ring is 1. The number of nitrogens with two attached hydrogens (primary N) is 2. The molecule has 0 fully saturated rings. The molecule has 0 radical (unpaired) electrons. The molecule has 35 heavy (non-hydrogen) atoms. The van der Waals surface area contributed by atoms with Crippen LogP contribution in [0, 0.1) is 5.82 Å². The number of anilines is 1. The Morgan fingerprint density at radius 1 is 1.14 bits per heavy atom. The average Bonchev–Trinajstić information content (AvgIpc) is 3.22. The molecule has 0 aliphatic rings. The smallest absolute Gasteiger partial charge is 0.382 e. The van der Waals surface area contributed by atoms with Gasteiger partial charge in [-0.3, -0.25) is 4.99 Å². The van der Waals surface area contributed by atoms with E-state index in [9.17, 15) is 22.7 Å². The first-order chi connectivity index (χ1) is 16.5. The van der Waals surface area contributed by atoms with E-state index in [1.54, 1.807) is 6.07 Å². The molecule has 0 aliphatic heterocycles. The average molecular weight is 487 g/mol. The van der Waals surface area contributed by atoms with Gasteiger partial charge in [-0.25, -0.2) is 23.9 Å². The summed E-state index contributed by atoms with van der Waals surface area (Å²) in [6, 6.07) is 7.10. The molecule has 5 N–H and O–H groups in total. The largest absolute Gasteiger partial charge is 0.451 e. The Hall–Kier alpha value is -4.46. The molecular formula is C21H17F4N9O. The predicted octanol–water partition coefficient (Wildman–Crippen LogP) is 2.85. The number of halogens is 4. The minimum atomic E-state index is -4.72. The van der Waals surface area contributed by atoms with Gasteiger partial charge >= 0.3 is 6.18 Å². The summed E-state index contributed by atoms with van der Waals surface area (Å²) < 4.78 is 53.8. The van der Waals surface area contributed by atoms with Gasteiger partial charge in [-0.1, -0.05) is 12.1 Å². The Morgan fingerprint density at radius 3 is 2.46 bits per heavy atom. The molecule has 180 valence electrons. The molecule has 14 heteroatoms. The Balaban J connectivity index is 1.83. The molecule has 0 amide bonds. The van der Waals surface area contributed by atoms with E-state index in [1.165, 1.54) is 35.7 Å². The number of aliphatic imine (C=N–C) groups is 1. The Morgan fingerprint density at radius 2 is 1.83 bits per heavy atom. The summed E-state index contributed by atoms with van der Waals surface area (Å²) >= 11 is 0. The summed E-state index contributed by atoms with van der Waals surface area (Å²) in [6.07, 6.45) is -0.575. The zero-order chi connectivity index (χ0) is 25.4. The van der Waals surface area contributed by atoms with Crippen molar-refractivity contribution in [2.24, 2.45) is 15.9 Å². The van der Waals surface area contributed by atoms with Crippen LogP contribution in [-0.4, -0.2) is 41.6 Å². The van der Waals surface area contributed by atoms with Crippen molar-refractivity contribution in [2.45, 2.75) is 18.7 Å². The van der Waals surface area contributed by atoms with Crippen molar-refractivity contribution in [3.63, 3.8) is 0 Å². The van der Waals surface area contributed by atoms with E-state index in [4.69, 9.17) is 11.6 Å². The number of fused-ring (bicyclic) bond motifs is 1. The highest BCUT2D eigenvalue weighted by Gasteiger charge is 2.36. The monoisotopic (exact) mass is 487 g/mol. The molecular weight excluding hydrogens is 470 g/mol. The van der Waals surface area contributed by atoms with Gasteiger partial charge in [0.25, 0.3) is 0 Å². The lowest BCUT2D eigenvalue weighted by Crippen LogP contribution is -2.36. The number of para-hydroxylation sites is 1. The lowest BCUT2D eigenvalue weighted by atomic mass is 9.95. The first kappa shape index (κ1) is 23.7. The molecule has 10 nitrogen and oxygen atoms in total. The third kappa shape index (κ3) is 4.38. The molecule has 4 rings (SSSR count). The zero-order valence-corrected chi connectivity index (χ0v) is 17.9. The number of aromatic nitrogens is 5. The van der Waals surface area contributed by atoms with E-state index in [2.05, 4.69) is 30.1 Å². The van der Waals surface area contributed by atoms with Gasteiger partial charge in [-0.15, -0.1) is 0 Å². The number of hydrogen-bond donors (Lipinski definition) is 3. The van der Waals surface area contributed by atoms with Crippen molar-refractivity contribution in [1.82, 2.24) is 24.6 Å². The van der Waals surface area contributed by atoms with E-state index in [-0.39, 0.29) is 39.6 Å². The highest BCUT2D eigenvalue weighted by Crippen LogP contribution is 2.35. The van der Waals surface area contributed by atoms with Crippen molar-refractivity contribution < 1.29 is 22.7 Å². The molecule has 0 saturated heterocycles. The van der Waals surface area contributed by atoms with Crippen LogP contribution in [0.15, 0.2) is 59.1 Å². The number of hydrogen-bond acceptors (Lipinski definition) is 9. The fourth-order valence-corrected chi connectivity index (χ4v) is 3.35. The van der Waals surface area contributed by atoms with E-state index in [0.717, 1.165) is 24.9 Å². The van der Waals surface area contributed by atoms with Crippen LogP contribution < -0.4 is 11.6 Å². The molecule has 0 bridgehead atoms. The second-order valence-electron chi connectivity index (χ2n) is 7.44. The zero-order valence-electron chi connectivity index (χ0n) is 17.9. The molecule has 0 spiro atoms. The van der Waals surface area contributed by atoms with Crippen molar-refractivity contribution in [3.8, 4) is 11.1 Å². The summed E-state index contributed by atoms with van der Waals surface area (Å²) in [7, 11) is 0. The number of benzene rings is 1. The number of aliphatic hydroxyl groups is 1. The highest BCUT2D eigenvalue weighted by atomic mass is 19.4. The Labute approximate surface area is 194 Å². The van der Waals surface area contributed by atoms with Gasteiger partial charge in [-0.05, 0) is 25.1 Å². The van der Waals surface area contributed by atoms with Gasteiger partial charge in [0.2, 0.25) is 5.82 Å². The summed E-state index contributed by atoms with van der Waals surface area (Å²) in [4.78, 5) is 14.7. The summed E-state index contributed by atoms with van der Waals surface area (Å²) in [5.74, 6) is 3.56. The standard InChI is InChI=1S/C21H17F4N9O/c1-20(35,15(33-27)9-28-14-5-3-2-4-13(14)22)16-6-12(17-18(26)31-10-32-34(16)17)11-7-29-19(30-8-11)21(23,24)25/h2-10,35H,27H2,1H3,(H2,26,31,32). The van der Waals surface area contributed by atoms with Gasteiger partial charge in [0, 0.05) is 23.5 Å². The van der Waals surface area contributed by atoms with E-state index < -0.39 is 23.4 Å². The first-order valence-electron chi connectivity index (χ1n) is 9.85. The maximum absolute atomic E-state index is 13.9. The molecule has 0 aliphatic carbocycles. The fourth-order valence-electron chi connectivity index (χ4n) is 3.35. The van der Waals surface area contributed by atoms with Gasteiger partial charge < -0.3 is 16.7 Å². The molecule has 1 aromatic carbocycles. The molecule has 0 saturated carbocycles. The van der Waals surface area contributed by atoms with E-state index in [1.807, 2.05) is 0 Å². The second-order valence-corrected chi connectivity index (χ2v) is 7.44. The number of alkyl halides is 3. The van der Waals surface area contributed by atoms with Gasteiger partial charge in [0.15, 0.2) is 5.82 Å². The predicted molar refractivity (Wildman–Crippen MR) is 119 cm³/mol. The molecule has 1 atom stereocenters. The van der Waals surface area contributed by atoms with Crippen LogP contribution in [-0.2, 0) is 11.8 Å². The molecule has 4 aromatic rings. The van der Waals surface area contributed by atoms with E-state index in [0.29, 0.717) is 0 Å². The topological polar surface area (TPSA) is 153 Å². The first-order valence-corrected chi connectivity index (χ1v) is 9.85. The minimum Gasteiger partial charge on any atom is -0.382 e. The Bertz CT molecular complexity index is 1440. The Kier molecular flexibility index (Phi) is 5.90. The lowest BCUT2D eigenvalue weighted by Gasteiger charge is -2.22. The fraction of sp³-hybridized carbons (Fsp3) is 0.143. The van der Waals surface area contributed by atoms with Crippen molar-refractivity contribution in [3.05, 3.63) is 66.4 Å². The van der Waals surface area contributed by atoms with Crippen LogP contribution in [0.1, 0.15) is 18.4 Å². The van der Waals surface area contributed by atoms with Crippen molar-refractivity contribution >= 4 is 28.9 Å². The quantitative estimate of drug-likeness (QED) is 0.169. The number of rotatable bonds is 5. The van der Waals surface area contributed by atoms with Crippen LogP contribution in [0.5, 0.6) is 0 Å². The maximum Gasteiger partial charge on any atom is 0.451 e. The molecule has 3 heterocycles. The lowest BCUT2D eigenvalue weighted by molar-refractivity contribution is -0.144. The number of nitrogens with zero attached hydrogens (tertiary/aromatic N) is 7. The van der Waals surface area contributed by atoms with Crippen LogP contribution in [0.25, 0.3) is 16.6 Å². The molecule has 3 aromatic heterocycles.